The fraction of sp³-hybridized carbons (Fsp3) is 0.333. The molecule has 6 nitrogen and oxygen atoms in total. The summed E-state index contributed by atoms with van der Waals surface area (Å²) in [5.74, 6) is 0.964. The Labute approximate surface area is 159 Å². The van der Waals surface area contributed by atoms with Crippen LogP contribution in [-0.4, -0.2) is 46.7 Å². The van der Waals surface area contributed by atoms with Gasteiger partial charge >= 0.3 is 6.03 Å². The highest BCUT2D eigenvalue weighted by Crippen LogP contribution is 2.22. The first-order chi connectivity index (χ1) is 13.0. The standard InChI is InChI=1S/C21H25N5O/c1-15-8-9-16(2)18(14-15)23-21(27)26-12-10-25(11-13-26)20-22-17-6-4-5-7-19(17)24(20)3/h4-9,14H,10-13H2,1-3H3,(H,23,27). The molecule has 1 fully saturated rings. The van der Waals surface area contributed by atoms with Crippen LogP contribution < -0.4 is 10.2 Å². The number of nitrogens with zero attached hydrogens (tertiary/aromatic N) is 4. The van der Waals surface area contributed by atoms with Crippen molar-refractivity contribution < 1.29 is 4.79 Å². The third kappa shape index (κ3) is 3.35. The maximum absolute atomic E-state index is 12.7. The second-order valence-corrected chi connectivity index (χ2v) is 7.18. The lowest BCUT2D eigenvalue weighted by atomic mass is 10.1. The van der Waals surface area contributed by atoms with Gasteiger partial charge in [0.2, 0.25) is 5.95 Å². The highest BCUT2D eigenvalue weighted by molar-refractivity contribution is 5.90. The van der Waals surface area contributed by atoms with E-state index in [9.17, 15) is 4.79 Å². The molecule has 0 atom stereocenters. The van der Waals surface area contributed by atoms with Crippen molar-refractivity contribution in [3.63, 3.8) is 0 Å². The van der Waals surface area contributed by atoms with E-state index >= 15 is 0 Å². The van der Waals surface area contributed by atoms with Crippen molar-refractivity contribution in [1.82, 2.24) is 14.5 Å². The molecule has 1 N–H and O–H groups in total. The Kier molecular flexibility index (Phi) is 4.48. The summed E-state index contributed by atoms with van der Waals surface area (Å²) < 4.78 is 2.13. The normalized spacial score (nSPS) is 14.6. The lowest BCUT2D eigenvalue weighted by Gasteiger charge is -2.35. The van der Waals surface area contributed by atoms with Gasteiger partial charge in [0, 0.05) is 38.9 Å². The van der Waals surface area contributed by atoms with Gasteiger partial charge in [-0.2, -0.15) is 0 Å². The number of nitrogens with one attached hydrogen (secondary N) is 1. The molecular formula is C21H25N5O. The summed E-state index contributed by atoms with van der Waals surface area (Å²) >= 11 is 0. The third-order valence-electron chi connectivity index (χ3n) is 5.25. The number of urea groups is 1. The first-order valence-electron chi connectivity index (χ1n) is 9.32. The molecule has 27 heavy (non-hydrogen) atoms. The molecule has 0 aliphatic carbocycles. The van der Waals surface area contributed by atoms with Crippen LogP contribution in [0, 0.1) is 13.8 Å². The minimum atomic E-state index is -0.0339. The second-order valence-electron chi connectivity index (χ2n) is 7.18. The Morgan fingerprint density at radius 2 is 1.78 bits per heavy atom. The van der Waals surface area contributed by atoms with Gasteiger partial charge in [0.05, 0.1) is 11.0 Å². The van der Waals surface area contributed by atoms with Crippen molar-refractivity contribution in [3.8, 4) is 0 Å². The minimum Gasteiger partial charge on any atom is -0.339 e. The molecular weight excluding hydrogens is 338 g/mol. The van der Waals surface area contributed by atoms with E-state index in [0.717, 1.165) is 46.9 Å². The summed E-state index contributed by atoms with van der Waals surface area (Å²) in [6.07, 6.45) is 0. The van der Waals surface area contributed by atoms with E-state index in [2.05, 4.69) is 26.9 Å². The number of piperazine rings is 1. The van der Waals surface area contributed by atoms with Crippen molar-refractivity contribution in [3.05, 3.63) is 53.6 Å². The van der Waals surface area contributed by atoms with Crippen LogP contribution in [0.15, 0.2) is 42.5 Å². The van der Waals surface area contributed by atoms with Gasteiger partial charge in [0.1, 0.15) is 0 Å². The number of hydrogen-bond donors (Lipinski definition) is 1. The molecule has 4 rings (SSSR count). The van der Waals surface area contributed by atoms with E-state index in [-0.39, 0.29) is 6.03 Å². The van der Waals surface area contributed by atoms with Crippen molar-refractivity contribution in [2.45, 2.75) is 13.8 Å². The van der Waals surface area contributed by atoms with Crippen molar-refractivity contribution >= 4 is 28.7 Å². The molecule has 0 saturated carbocycles. The highest BCUT2D eigenvalue weighted by Gasteiger charge is 2.24. The lowest BCUT2D eigenvalue weighted by Crippen LogP contribution is -2.50. The third-order valence-corrected chi connectivity index (χ3v) is 5.25. The van der Waals surface area contributed by atoms with Crippen molar-refractivity contribution in [2.75, 3.05) is 36.4 Å². The molecule has 140 valence electrons. The van der Waals surface area contributed by atoms with E-state index in [0.29, 0.717) is 13.1 Å². The van der Waals surface area contributed by atoms with E-state index in [1.54, 1.807) is 0 Å². The van der Waals surface area contributed by atoms with E-state index < -0.39 is 0 Å². The molecule has 2 heterocycles. The Morgan fingerprint density at radius 3 is 2.52 bits per heavy atom. The predicted octanol–water partition coefficient (Wildman–Crippen LogP) is 3.54. The minimum absolute atomic E-state index is 0.0339. The van der Waals surface area contributed by atoms with Crippen LogP contribution in [0.3, 0.4) is 0 Å². The average Bonchev–Trinajstić information content (AvgIpc) is 3.02. The summed E-state index contributed by atoms with van der Waals surface area (Å²) in [6.45, 7) is 6.96. The number of anilines is 2. The molecule has 0 spiro atoms. The maximum atomic E-state index is 12.7. The summed E-state index contributed by atoms with van der Waals surface area (Å²) in [5.41, 5.74) is 5.24. The average molecular weight is 363 g/mol. The summed E-state index contributed by atoms with van der Waals surface area (Å²) in [4.78, 5) is 21.5. The van der Waals surface area contributed by atoms with Gasteiger partial charge < -0.3 is 19.7 Å². The molecule has 0 unspecified atom stereocenters. The monoisotopic (exact) mass is 363 g/mol. The Bertz CT molecular complexity index is 985. The number of hydrogen-bond acceptors (Lipinski definition) is 3. The smallest absolute Gasteiger partial charge is 0.321 e. The molecule has 1 aliphatic rings. The topological polar surface area (TPSA) is 53.4 Å². The number of carbonyl (C=O) groups excluding carboxylic acids is 1. The predicted molar refractivity (Wildman–Crippen MR) is 109 cm³/mol. The first kappa shape index (κ1) is 17.4. The number of imidazole rings is 1. The molecule has 1 aliphatic heterocycles. The number of aryl methyl sites for hydroxylation is 3. The number of benzene rings is 2. The molecule has 1 aromatic heterocycles. The second kappa shape index (κ2) is 6.95. The fourth-order valence-corrected chi connectivity index (χ4v) is 3.59. The van der Waals surface area contributed by atoms with Crippen LogP contribution in [0.25, 0.3) is 11.0 Å². The zero-order chi connectivity index (χ0) is 19.0. The van der Waals surface area contributed by atoms with Gasteiger partial charge in [-0.05, 0) is 43.2 Å². The highest BCUT2D eigenvalue weighted by atomic mass is 16.2. The largest absolute Gasteiger partial charge is 0.339 e. The Hall–Kier alpha value is -3.02. The summed E-state index contributed by atoms with van der Waals surface area (Å²) in [5, 5.41) is 3.06. The number of aromatic nitrogens is 2. The summed E-state index contributed by atoms with van der Waals surface area (Å²) in [6, 6.07) is 14.2. The molecule has 0 radical (unpaired) electrons. The zero-order valence-electron chi connectivity index (χ0n) is 16.1. The van der Waals surface area contributed by atoms with Crippen molar-refractivity contribution in [1.29, 1.82) is 0 Å². The van der Waals surface area contributed by atoms with Gasteiger partial charge in [0.25, 0.3) is 0 Å². The van der Waals surface area contributed by atoms with Crippen LogP contribution in [0.1, 0.15) is 11.1 Å². The van der Waals surface area contributed by atoms with Crippen molar-refractivity contribution in [2.24, 2.45) is 7.05 Å². The number of para-hydroxylation sites is 2. The number of fused-ring (bicyclic) bond motifs is 1. The number of carbonyl (C=O) groups is 1. The first-order valence-corrected chi connectivity index (χ1v) is 9.32. The van der Waals surface area contributed by atoms with Gasteiger partial charge in [-0.3, -0.25) is 0 Å². The maximum Gasteiger partial charge on any atom is 0.321 e. The summed E-state index contributed by atoms with van der Waals surface area (Å²) in [7, 11) is 2.05. The molecule has 2 aromatic carbocycles. The molecule has 6 heteroatoms. The van der Waals surface area contributed by atoms with Crippen LogP contribution >= 0.6 is 0 Å². The molecule has 2 amide bonds. The van der Waals surface area contributed by atoms with Crippen LogP contribution in [0.4, 0.5) is 16.4 Å². The zero-order valence-corrected chi connectivity index (χ0v) is 16.1. The van der Waals surface area contributed by atoms with Gasteiger partial charge in [-0.15, -0.1) is 0 Å². The van der Waals surface area contributed by atoms with E-state index in [1.807, 2.05) is 56.1 Å². The molecule has 3 aromatic rings. The van der Waals surface area contributed by atoms with Crippen LogP contribution in [-0.2, 0) is 7.05 Å². The number of rotatable bonds is 2. The Balaban J connectivity index is 1.43. The lowest BCUT2D eigenvalue weighted by molar-refractivity contribution is 0.208. The molecule has 0 bridgehead atoms. The quantitative estimate of drug-likeness (QED) is 0.758. The van der Waals surface area contributed by atoms with Gasteiger partial charge in [-0.1, -0.05) is 24.3 Å². The van der Waals surface area contributed by atoms with Gasteiger partial charge in [-0.25, -0.2) is 9.78 Å². The number of amides is 2. The fourth-order valence-electron chi connectivity index (χ4n) is 3.59. The molecule has 1 saturated heterocycles. The van der Waals surface area contributed by atoms with Gasteiger partial charge in [0.15, 0.2) is 0 Å². The SMILES string of the molecule is Cc1ccc(C)c(NC(=O)N2CCN(c3nc4ccccc4n3C)CC2)c1. The van der Waals surface area contributed by atoms with E-state index in [4.69, 9.17) is 4.98 Å². The van der Waals surface area contributed by atoms with Crippen LogP contribution in [0.2, 0.25) is 0 Å². The van der Waals surface area contributed by atoms with Crippen LogP contribution in [0.5, 0.6) is 0 Å². The Morgan fingerprint density at radius 1 is 1.04 bits per heavy atom. The van der Waals surface area contributed by atoms with E-state index in [1.165, 1.54) is 0 Å².